The maximum atomic E-state index is 11.9. The summed E-state index contributed by atoms with van der Waals surface area (Å²) < 4.78 is 0. The van der Waals surface area contributed by atoms with E-state index in [1.807, 2.05) is 24.4 Å². The highest BCUT2D eigenvalue weighted by Crippen LogP contribution is 2.34. The molecule has 4 heterocycles. The largest absolute Gasteiger partial charge is 0.346 e. The molecule has 108 valence electrons. The molecular weight excluding hydrogens is 276 g/mol. The number of aromatic amines is 1. The number of nitrogens with zero attached hydrogens (tertiary/aromatic N) is 3. The van der Waals surface area contributed by atoms with Crippen LogP contribution in [0.5, 0.6) is 0 Å². The van der Waals surface area contributed by atoms with Crippen molar-refractivity contribution in [1.82, 2.24) is 19.9 Å². The van der Waals surface area contributed by atoms with Gasteiger partial charge in [-0.15, -0.1) is 0 Å². The SMILES string of the molecule is C=CC(=O)N1Cc2ccnc(-c3ccnc4[nH]ccc34)c2C1. The van der Waals surface area contributed by atoms with Gasteiger partial charge < -0.3 is 9.88 Å². The van der Waals surface area contributed by atoms with Crippen molar-refractivity contribution in [2.75, 3.05) is 0 Å². The molecule has 0 radical (unpaired) electrons. The summed E-state index contributed by atoms with van der Waals surface area (Å²) in [5.74, 6) is -0.0522. The third kappa shape index (κ3) is 1.83. The van der Waals surface area contributed by atoms with Gasteiger partial charge in [-0.3, -0.25) is 9.78 Å². The molecule has 5 nitrogen and oxygen atoms in total. The van der Waals surface area contributed by atoms with Crippen LogP contribution in [0, 0.1) is 0 Å². The van der Waals surface area contributed by atoms with Crippen molar-refractivity contribution >= 4 is 16.9 Å². The van der Waals surface area contributed by atoms with Gasteiger partial charge in [0, 0.05) is 48.2 Å². The van der Waals surface area contributed by atoms with Crippen LogP contribution in [0.15, 0.2) is 49.4 Å². The first-order valence-electron chi connectivity index (χ1n) is 7.08. The maximum Gasteiger partial charge on any atom is 0.246 e. The molecular formula is C17H14N4O. The summed E-state index contributed by atoms with van der Waals surface area (Å²) >= 11 is 0. The molecule has 1 aliphatic heterocycles. The maximum absolute atomic E-state index is 11.9. The van der Waals surface area contributed by atoms with Gasteiger partial charge in [-0.1, -0.05) is 6.58 Å². The number of amides is 1. The van der Waals surface area contributed by atoms with Crippen molar-refractivity contribution in [1.29, 1.82) is 0 Å². The first-order chi connectivity index (χ1) is 10.8. The Morgan fingerprint density at radius 2 is 2.09 bits per heavy atom. The highest BCUT2D eigenvalue weighted by Gasteiger charge is 2.25. The molecule has 0 spiro atoms. The lowest BCUT2D eigenvalue weighted by atomic mass is 10.0. The number of hydrogen-bond donors (Lipinski definition) is 1. The predicted octanol–water partition coefficient (Wildman–Crippen LogP) is 2.65. The van der Waals surface area contributed by atoms with Crippen molar-refractivity contribution in [3.8, 4) is 11.3 Å². The van der Waals surface area contributed by atoms with Crippen molar-refractivity contribution in [3.63, 3.8) is 0 Å². The average molecular weight is 290 g/mol. The quantitative estimate of drug-likeness (QED) is 0.738. The smallest absolute Gasteiger partial charge is 0.246 e. The molecule has 5 heteroatoms. The highest BCUT2D eigenvalue weighted by molar-refractivity contribution is 5.93. The molecule has 0 aliphatic carbocycles. The Morgan fingerprint density at radius 3 is 2.95 bits per heavy atom. The second-order valence-electron chi connectivity index (χ2n) is 5.29. The monoisotopic (exact) mass is 290 g/mol. The van der Waals surface area contributed by atoms with E-state index in [4.69, 9.17) is 0 Å². The number of hydrogen-bond acceptors (Lipinski definition) is 3. The lowest BCUT2D eigenvalue weighted by Gasteiger charge is -2.12. The minimum absolute atomic E-state index is 0.0522. The molecule has 1 aliphatic rings. The molecule has 1 amide bonds. The average Bonchev–Trinajstić information content (AvgIpc) is 3.19. The van der Waals surface area contributed by atoms with Crippen LogP contribution in [0.2, 0.25) is 0 Å². The lowest BCUT2D eigenvalue weighted by molar-refractivity contribution is -0.126. The minimum Gasteiger partial charge on any atom is -0.346 e. The summed E-state index contributed by atoms with van der Waals surface area (Å²) in [5.41, 5.74) is 5.04. The van der Waals surface area contributed by atoms with Crippen LogP contribution in [0.25, 0.3) is 22.3 Å². The number of carbonyl (C=O) groups is 1. The lowest BCUT2D eigenvalue weighted by Crippen LogP contribution is -2.22. The molecule has 0 bridgehead atoms. The number of nitrogens with one attached hydrogen (secondary N) is 1. The van der Waals surface area contributed by atoms with E-state index in [0.717, 1.165) is 33.4 Å². The number of aromatic nitrogens is 3. The first kappa shape index (κ1) is 12.8. The van der Waals surface area contributed by atoms with Crippen molar-refractivity contribution in [2.45, 2.75) is 13.1 Å². The fourth-order valence-corrected chi connectivity index (χ4v) is 2.99. The van der Waals surface area contributed by atoms with Crippen molar-refractivity contribution < 1.29 is 4.79 Å². The van der Waals surface area contributed by atoms with Crippen LogP contribution in [0.3, 0.4) is 0 Å². The van der Waals surface area contributed by atoms with Crippen LogP contribution in [-0.2, 0) is 17.9 Å². The highest BCUT2D eigenvalue weighted by atomic mass is 16.2. The zero-order valence-electron chi connectivity index (χ0n) is 11.9. The molecule has 0 unspecified atom stereocenters. The fourth-order valence-electron chi connectivity index (χ4n) is 2.99. The Hall–Kier alpha value is -2.95. The number of carbonyl (C=O) groups excluding carboxylic acids is 1. The summed E-state index contributed by atoms with van der Waals surface area (Å²) in [6.45, 7) is 4.74. The number of fused-ring (bicyclic) bond motifs is 2. The van der Waals surface area contributed by atoms with Gasteiger partial charge in [-0.25, -0.2) is 4.98 Å². The van der Waals surface area contributed by atoms with Crippen molar-refractivity contribution in [2.24, 2.45) is 0 Å². The molecule has 0 aromatic carbocycles. The minimum atomic E-state index is -0.0522. The third-order valence-electron chi connectivity index (χ3n) is 4.06. The molecule has 0 saturated carbocycles. The van der Waals surface area contributed by atoms with Crippen molar-refractivity contribution in [3.05, 3.63) is 60.6 Å². The summed E-state index contributed by atoms with van der Waals surface area (Å²) in [7, 11) is 0. The molecule has 22 heavy (non-hydrogen) atoms. The Balaban J connectivity index is 1.86. The number of H-pyrrole nitrogens is 1. The molecule has 3 aromatic rings. The molecule has 0 fully saturated rings. The van der Waals surface area contributed by atoms with Gasteiger partial charge in [-0.05, 0) is 29.8 Å². The Bertz CT molecular complexity index is 897. The topological polar surface area (TPSA) is 61.9 Å². The van der Waals surface area contributed by atoms with E-state index in [1.54, 1.807) is 17.3 Å². The summed E-state index contributed by atoms with van der Waals surface area (Å²) in [6.07, 6.45) is 6.81. The second-order valence-corrected chi connectivity index (χ2v) is 5.29. The molecule has 3 aromatic heterocycles. The zero-order chi connectivity index (χ0) is 15.1. The van der Waals surface area contributed by atoms with Crippen LogP contribution in [-0.4, -0.2) is 25.8 Å². The van der Waals surface area contributed by atoms with Crippen LogP contribution >= 0.6 is 0 Å². The molecule has 0 saturated heterocycles. The normalized spacial score (nSPS) is 13.4. The molecule has 4 rings (SSSR count). The fraction of sp³-hybridized carbons (Fsp3) is 0.118. The van der Waals surface area contributed by atoms with Gasteiger partial charge in [-0.2, -0.15) is 0 Å². The van der Waals surface area contributed by atoms with E-state index in [1.165, 1.54) is 6.08 Å². The number of pyridine rings is 2. The Labute approximate surface area is 127 Å². The Kier molecular flexibility index (Phi) is 2.79. The van der Waals surface area contributed by atoms with E-state index in [9.17, 15) is 4.79 Å². The van der Waals surface area contributed by atoms with E-state index < -0.39 is 0 Å². The van der Waals surface area contributed by atoms with Crippen LogP contribution < -0.4 is 0 Å². The van der Waals surface area contributed by atoms with Gasteiger partial charge >= 0.3 is 0 Å². The van der Waals surface area contributed by atoms with E-state index in [2.05, 4.69) is 21.5 Å². The summed E-state index contributed by atoms with van der Waals surface area (Å²) in [5, 5.41) is 1.04. The summed E-state index contributed by atoms with van der Waals surface area (Å²) in [6, 6.07) is 5.95. The third-order valence-corrected chi connectivity index (χ3v) is 4.06. The van der Waals surface area contributed by atoms with Gasteiger partial charge in [0.1, 0.15) is 5.65 Å². The molecule has 0 atom stereocenters. The van der Waals surface area contributed by atoms with Crippen LogP contribution in [0.1, 0.15) is 11.1 Å². The van der Waals surface area contributed by atoms with Gasteiger partial charge in [0.05, 0.1) is 5.69 Å². The predicted molar refractivity (Wildman–Crippen MR) is 83.8 cm³/mol. The van der Waals surface area contributed by atoms with E-state index in [0.29, 0.717) is 13.1 Å². The van der Waals surface area contributed by atoms with Gasteiger partial charge in [0.2, 0.25) is 5.91 Å². The summed E-state index contributed by atoms with van der Waals surface area (Å²) in [4.78, 5) is 25.6. The zero-order valence-corrected chi connectivity index (χ0v) is 11.9. The van der Waals surface area contributed by atoms with E-state index >= 15 is 0 Å². The second kappa shape index (κ2) is 4.80. The van der Waals surface area contributed by atoms with Gasteiger partial charge in [0.25, 0.3) is 0 Å². The first-order valence-corrected chi connectivity index (χ1v) is 7.08. The van der Waals surface area contributed by atoms with Gasteiger partial charge in [0.15, 0.2) is 0 Å². The molecule has 1 N–H and O–H groups in total. The Morgan fingerprint density at radius 1 is 1.23 bits per heavy atom. The number of rotatable bonds is 2. The standard InChI is InChI=1S/C17H14N4O/c1-2-15(22)21-9-11-3-6-18-16(14(11)10-21)12-4-7-19-17-13(12)5-8-20-17/h2-8H,1,9-10H2,(H,19,20). The van der Waals surface area contributed by atoms with Crippen LogP contribution in [0.4, 0.5) is 0 Å². The van der Waals surface area contributed by atoms with E-state index in [-0.39, 0.29) is 5.91 Å².